The first-order chi connectivity index (χ1) is 13.0. The quantitative estimate of drug-likeness (QED) is 0.756. The molecule has 1 N–H and O–H groups in total. The molecule has 5 nitrogen and oxygen atoms in total. The number of aromatic nitrogens is 2. The lowest BCUT2D eigenvalue weighted by Gasteiger charge is -2.23. The number of benzene rings is 2. The van der Waals surface area contributed by atoms with Gasteiger partial charge in [0.1, 0.15) is 11.5 Å². The van der Waals surface area contributed by atoms with E-state index in [1.165, 1.54) is 17.7 Å². The highest BCUT2D eigenvalue weighted by Crippen LogP contribution is 2.36. The smallest absolute Gasteiger partial charge is 0.274 e. The van der Waals surface area contributed by atoms with Crippen molar-refractivity contribution in [2.75, 3.05) is 10.2 Å². The first-order valence-electron chi connectivity index (χ1n) is 8.81. The summed E-state index contributed by atoms with van der Waals surface area (Å²) in [5.74, 6) is -0.475. The van der Waals surface area contributed by atoms with Gasteiger partial charge < -0.3 is 10.2 Å². The Bertz CT molecular complexity index is 1020. The van der Waals surface area contributed by atoms with Gasteiger partial charge in [-0.25, -0.2) is 14.4 Å². The molecule has 0 bridgehead atoms. The average molecular weight is 362 g/mol. The van der Waals surface area contributed by atoms with Gasteiger partial charge >= 0.3 is 0 Å². The summed E-state index contributed by atoms with van der Waals surface area (Å²) in [6, 6.07) is 16.0. The SMILES string of the molecule is Cc1cc(C(=O)Nc2ccccc2F)nc(N2c3ccccc3CC2C)n1. The van der Waals surface area contributed by atoms with Crippen LogP contribution in [0.4, 0.5) is 21.7 Å². The van der Waals surface area contributed by atoms with Gasteiger partial charge in [0.05, 0.1) is 5.69 Å². The van der Waals surface area contributed by atoms with E-state index in [0.717, 1.165) is 12.1 Å². The Morgan fingerprint density at radius 1 is 1.15 bits per heavy atom. The number of carbonyl (C=O) groups is 1. The van der Waals surface area contributed by atoms with E-state index < -0.39 is 11.7 Å². The van der Waals surface area contributed by atoms with Crippen LogP contribution in [0.5, 0.6) is 0 Å². The van der Waals surface area contributed by atoms with E-state index in [2.05, 4.69) is 28.3 Å². The van der Waals surface area contributed by atoms with Crippen molar-refractivity contribution in [3.8, 4) is 0 Å². The molecule has 1 amide bonds. The fourth-order valence-corrected chi connectivity index (χ4v) is 3.40. The molecule has 0 saturated carbocycles. The summed E-state index contributed by atoms with van der Waals surface area (Å²) in [5.41, 5.74) is 3.29. The number of nitrogens with zero attached hydrogens (tertiary/aromatic N) is 3. The van der Waals surface area contributed by atoms with Crippen LogP contribution >= 0.6 is 0 Å². The molecule has 0 spiro atoms. The molecule has 2 heterocycles. The topological polar surface area (TPSA) is 58.1 Å². The van der Waals surface area contributed by atoms with Crippen LogP contribution in [-0.2, 0) is 6.42 Å². The zero-order valence-electron chi connectivity index (χ0n) is 15.1. The molecule has 0 aliphatic carbocycles. The third kappa shape index (κ3) is 3.26. The predicted molar refractivity (Wildman–Crippen MR) is 103 cm³/mol. The summed E-state index contributed by atoms with van der Waals surface area (Å²) >= 11 is 0. The van der Waals surface area contributed by atoms with Crippen molar-refractivity contribution in [1.82, 2.24) is 9.97 Å². The van der Waals surface area contributed by atoms with Crippen molar-refractivity contribution in [2.45, 2.75) is 26.3 Å². The Hall–Kier alpha value is -3.28. The molecule has 1 unspecified atom stereocenters. The molecule has 1 aromatic heterocycles. The lowest BCUT2D eigenvalue weighted by molar-refractivity contribution is 0.102. The monoisotopic (exact) mass is 362 g/mol. The number of hydrogen-bond donors (Lipinski definition) is 1. The molecule has 0 fully saturated rings. The van der Waals surface area contributed by atoms with Crippen LogP contribution < -0.4 is 10.2 Å². The molecule has 1 aliphatic rings. The Morgan fingerprint density at radius 2 is 1.89 bits per heavy atom. The molecule has 136 valence electrons. The number of hydrogen-bond acceptors (Lipinski definition) is 4. The van der Waals surface area contributed by atoms with Gasteiger partial charge in [0, 0.05) is 17.4 Å². The number of aryl methyl sites for hydroxylation is 1. The van der Waals surface area contributed by atoms with Gasteiger partial charge in [-0.15, -0.1) is 0 Å². The Labute approximate surface area is 156 Å². The molecule has 6 heteroatoms. The van der Waals surface area contributed by atoms with Crippen LogP contribution in [-0.4, -0.2) is 21.9 Å². The molecule has 3 aromatic rings. The molecule has 1 atom stereocenters. The molecular formula is C21H19FN4O. The third-order valence-corrected chi connectivity index (χ3v) is 4.62. The number of nitrogens with one attached hydrogen (secondary N) is 1. The predicted octanol–water partition coefficient (Wildman–Crippen LogP) is 4.26. The van der Waals surface area contributed by atoms with Crippen LogP contribution in [0.25, 0.3) is 0 Å². The minimum atomic E-state index is -0.487. The van der Waals surface area contributed by atoms with Crippen molar-refractivity contribution in [2.24, 2.45) is 0 Å². The number of fused-ring (bicyclic) bond motifs is 1. The number of amides is 1. The van der Waals surface area contributed by atoms with E-state index in [1.807, 2.05) is 30.0 Å². The van der Waals surface area contributed by atoms with E-state index in [9.17, 15) is 9.18 Å². The summed E-state index contributed by atoms with van der Waals surface area (Å²) < 4.78 is 13.8. The first-order valence-corrected chi connectivity index (χ1v) is 8.81. The van der Waals surface area contributed by atoms with E-state index in [1.54, 1.807) is 18.2 Å². The highest BCUT2D eigenvalue weighted by Gasteiger charge is 2.29. The zero-order chi connectivity index (χ0) is 19.0. The number of anilines is 3. The van der Waals surface area contributed by atoms with Gasteiger partial charge in [0.2, 0.25) is 5.95 Å². The van der Waals surface area contributed by atoms with Crippen molar-refractivity contribution in [1.29, 1.82) is 0 Å². The lowest BCUT2D eigenvalue weighted by Crippen LogP contribution is -2.27. The van der Waals surface area contributed by atoms with Gasteiger partial charge in [-0.2, -0.15) is 0 Å². The largest absolute Gasteiger partial charge is 0.318 e. The minimum absolute atomic E-state index is 0.125. The zero-order valence-corrected chi connectivity index (χ0v) is 15.1. The minimum Gasteiger partial charge on any atom is -0.318 e. The molecular weight excluding hydrogens is 343 g/mol. The van der Waals surface area contributed by atoms with Crippen molar-refractivity contribution >= 4 is 23.2 Å². The summed E-state index contributed by atoms with van der Waals surface area (Å²) in [5, 5.41) is 2.58. The van der Waals surface area contributed by atoms with Crippen LogP contribution in [0.1, 0.15) is 28.7 Å². The van der Waals surface area contributed by atoms with Gasteiger partial charge in [0.15, 0.2) is 0 Å². The molecule has 27 heavy (non-hydrogen) atoms. The summed E-state index contributed by atoms with van der Waals surface area (Å²) in [4.78, 5) is 23.7. The van der Waals surface area contributed by atoms with Crippen LogP contribution in [0.15, 0.2) is 54.6 Å². The number of carbonyl (C=O) groups excluding carboxylic acids is 1. The average Bonchev–Trinajstić information content (AvgIpc) is 2.98. The molecule has 1 aliphatic heterocycles. The van der Waals surface area contributed by atoms with Gasteiger partial charge in [-0.1, -0.05) is 30.3 Å². The van der Waals surface area contributed by atoms with Crippen molar-refractivity contribution in [3.63, 3.8) is 0 Å². The molecule has 0 saturated heterocycles. The maximum absolute atomic E-state index is 13.8. The van der Waals surface area contributed by atoms with Crippen LogP contribution in [0.3, 0.4) is 0 Å². The number of rotatable bonds is 3. The first kappa shape index (κ1) is 17.1. The Kier molecular flexibility index (Phi) is 4.32. The van der Waals surface area contributed by atoms with Gasteiger partial charge in [-0.05, 0) is 50.1 Å². The fraction of sp³-hybridized carbons (Fsp3) is 0.190. The van der Waals surface area contributed by atoms with Crippen LogP contribution in [0.2, 0.25) is 0 Å². The summed E-state index contributed by atoms with van der Waals surface area (Å²) in [6.07, 6.45) is 0.893. The fourth-order valence-electron chi connectivity index (χ4n) is 3.40. The van der Waals surface area contributed by atoms with Gasteiger partial charge in [-0.3, -0.25) is 4.79 Å². The van der Waals surface area contributed by atoms with Crippen molar-refractivity contribution in [3.05, 3.63) is 77.4 Å². The standard InChI is InChI=1S/C21H19FN4O/c1-13-11-18(20(27)24-17-9-5-4-8-16(17)22)25-21(23-13)26-14(2)12-15-7-3-6-10-19(15)26/h3-11,14H,12H2,1-2H3,(H,24,27). The number of para-hydroxylation sites is 2. The maximum Gasteiger partial charge on any atom is 0.274 e. The highest BCUT2D eigenvalue weighted by molar-refractivity contribution is 6.03. The molecule has 2 aromatic carbocycles. The van der Waals surface area contributed by atoms with E-state index in [4.69, 9.17) is 0 Å². The second-order valence-electron chi connectivity index (χ2n) is 6.68. The lowest BCUT2D eigenvalue weighted by atomic mass is 10.1. The van der Waals surface area contributed by atoms with Gasteiger partial charge in [0.25, 0.3) is 5.91 Å². The number of halogens is 1. The van der Waals surface area contributed by atoms with Crippen molar-refractivity contribution < 1.29 is 9.18 Å². The second kappa shape index (κ2) is 6.79. The summed E-state index contributed by atoms with van der Waals surface area (Å²) in [6.45, 7) is 3.92. The van der Waals surface area contributed by atoms with E-state index in [-0.39, 0.29) is 17.4 Å². The Balaban J connectivity index is 1.68. The molecule has 4 rings (SSSR count). The molecule has 0 radical (unpaired) electrons. The van der Waals surface area contributed by atoms with Crippen LogP contribution in [0, 0.1) is 12.7 Å². The maximum atomic E-state index is 13.8. The summed E-state index contributed by atoms with van der Waals surface area (Å²) in [7, 11) is 0. The Morgan fingerprint density at radius 3 is 2.70 bits per heavy atom. The van der Waals surface area contributed by atoms with E-state index >= 15 is 0 Å². The third-order valence-electron chi connectivity index (χ3n) is 4.62. The van der Waals surface area contributed by atoms with E-state index in [0.29, 0.717) is 11.6 Å². The normalized spacial score (nSPS) is 15.5. The highest BCUT2D eigenvalue weighted by atomic mass is 19.1. The second-order valence-corrected chi connectivity index (χ2v) is 6.68.